The molecule has 0 aromatic heterocycles. The predicted molar refractivity (Wildman–Crippen MR) is 62.7 cm³/mol. The predicted octanol–water partition coefficient (Wildman–Crippen LogP) is 2.38. The highest BCUT2D eigenvalue weighted by Crippen LogP contribution is 2.22. The second kappa shape index (κ2) is 4.60. The first-order valence-electron chi connectivity index (χ1n) is 5.35. The maximum Gasteiger partial charge on any atom is 0.0950 e. The Morgan fingerprint density at radius 2 is 2.40 bits per heavy atom. The fraction of sp³-hybridized carbons (Fsp3) is 0.385. The largest absolute Gasteiger partial charge is 0.371 e. The highest BCUT2D eigenvalue weighted by Gasteiger charge is 2.15. The zero-order chi connectivity index (χ0) is 10.7. The van der Waals surface area contributed by atoms with Crippen molar-refractivity contribution in [1.82, 2.24) is 5.32 Å². The Hall–Kier alpha value is -1.12. The van der Waals surface area contributed by atoms with E-state index in [1.54, 1.807) is 0 Å². The molecule has 0 bridgehead atoms. The van der Waals surface area contributed by atoms with Crippen molar-refractivity contribution in [1.29, 1.82) is 0 Å². The van der Waals surface area contributed by atoms with Gasteiger partial charge in [-0.1, -0.05) is 30.4 Å². The van der Waals surface area contributed by atoms with Crippen LogP contribution in [0.15, 0.2) is 30.8 Å². The molecule has 2 heteroatoms. The van der Waals surface area contributed by atoms with Gasteiger partial charge in [0.2, 0.25) is 0 Å². The number of rotatable bonds is 2. The fourth-order valence-corrected chi connectivity index (χ4v) is 1.78. The van der Waals surface area contributed by atoms with E-state index in [1.807, 2.05) is 6.92 Å². The molecule has 1 aromatic carbocycles. The van der Waals surface area contributed by atoms with Crippen molar-refractivity contribution >= 4 is 5.57 Å². The Morgan fingerprint density at radius 1 is 1.53 bits per heavy atom. The van der Waals surface area contributed by atoms with E-state index in [0.29, 0.717) is 0 Å². The Labute approximate surface area is 91.0 Å². The quantitative estimate of drug-likeness (QED) is 0.796. The molecule has 1 unspecified atom stereocenters. The fourth-order valence-electron chi connectivity index (χ4n) is 1.78. The van der Waals surface area contributed by atoms with E-state index >= 15 is 0 Å². The molecular formula is C13H17NO. The molecule has 0 radical (unpaired) electrons. The van der Waals surface area contributed by atoms with Crippen LogP contribution in [0.25, 0.3) is 5.57 Å². The maximum atomic E-state index is 5.71. The van der Waals surface area contributed by atoms with Crippen molar-refractivity contribution in [3.8, 4) is 0 Å². The highest BCUT2D eigenvalue weighted by atomic mass is 16.5. The van der Waals surface area contributed by atoms with Crippen LogP contribution in [-0.4, -0.2) is 19.7 Å². The Bertz CT molecular complexity index is 353. The molecule has 1 heterocycles. The SMILES string of the molecule is C=C(C)c1cccc(C2CNCCO2)c1. The molecule has 1 aromatic rings. The molecular weight excluding hydrogens is 186 g/mol. The van der Waals surface area contributed by atoms with Gasteiger partial charge in [-0.15, -0.1) is 0 Å². The summed E-state index contributed by atoms with van der Waals surface area (Å²) in [7, 11) is 0. The Kier molecular flexibility index (Phi) is 3.19. The van der Waals surface area contributed by atoms with E-state index in [9.17, 15) is 0 Å². The minimum atomic E-state index is 0.193. The van der Waals surface area contributed by atoms with Crippen LogP contribution in [0.5, 0.6) is 0 Å². The molecule has 15 heavy (non-hydrogen) atoms. The van der Waals surface area contributed by atoms with Gasteiger partial charge in [0.1, 0.15) is 0 Å². The number of hydrogen-bond donors (Lipinski definition) is 1. The van der Waals surface area contributed by atoms with E-state index in [2.05, 4.69) is 36.2 Å². The minimum absolute atomic E-state index is 0.193. The summed E-state index contributed by atoms with van der Waals surface area (Å²) in [6.07, 6.45) is 0.193. The molecule has 1 aliphatic heterocycles. The second-order valence-electron chi connectivity index (χ2n) is 3.97. The summed E-state index contributed by atoms with van der Waals surface area (Å²) < 4.78 is 5.71. The second-order valence-corrected chi connectivity index (χ2v) is 3.97. The van der Waals surface area contributed by atoms with Crippen LogP contribution >= 0.6 is 0 Å². The number of allylic oxidation sites excluding steroid dienone is 1. The first-order valence-corrected chi connectivity index (χ1v) is 5.35. The summed E-state index contributed by atoms with van der Waals surface area (Å²) in [5.74, 6) is 0. The lowest BCUT2D eigenvalue weighted by molar-refractivity contribution is 0.0277. The summed E-state index contributed by atoms with van der Waals surface area (Å²) in [6.45, 7) is 8.63. The molecule has 1 saturated heterocycles. The zero-order valence-corrected chi connectivity index (χ0v) is 9.12. The normalized spacial score (nSPS) is 21.3. The molecule has 1 N–H and O–H groups in total. The van der Waals surface area contributed by atoms with Crippen molar-refractivity contribution in [2.45, 2.75) is 13.0 Å². The van der Waals surface area contributed by atoms with Gasteiger partial charge in [-0.25, -0.2) is 0 Å². The first kappa shape index (κ1) is 10.4. The average Bonchev–Trinajstić information content (AvgIpc) is 2.30. The third-order valence-electron chi connectivity index (χ3n) is 2.68. The van der Waals surface area contributed by atoms with Crippen molar-refractivity contribution in [2.75, 3.05) is 19.7 Å². The van der Waals surface area contributed by atoms with Gasteiger partial charge in [-0.05, 0) is 24.1 Å². The van der Waals surface area contributed by atoms with Gasteiger partial charge < -0.3 is 10.1 Å². The van der Waals surface area contributed by atoms with Crippen LogP contribution in [0.3, 0.4) is 0 Å². The third-order valence-corrected chi connectivity index (χ3v) is 2.68. The van der Waals surface area contributed by atoms with Crippen LogP contribution in [0.2, 0.25) is 0 Å². The van der Waals surface area contributed by atoms with Gasteiger partial charge in [-0.3, -0.25) is 0 Å². The first-order chi connectivity index (χ1) is 7.27. The topological polar surface area (TPSA) is 21.3 Å². The number of hydrogen-bond acceptors (Lipinski definition) is 2. The van der Waals surface area contributed by atoms with Crippen LogP contribution < -0.4 is 5.32 Å². The third kappa shape index (κ3) is 2.46. The lowest BCUT2D eigenvalue weighted by atomic mass is 10.0. The number of ether oxygens (including phenoxy) is 1. The number of benzene rings is 1. The van der Waals surface area contributed by atoms with Crippen LogP contribution in [0.4, 0.5) is 0 Å². The van der Waals surface area contributed by atoms with E-state index in [1.165, 1.54) is 11.1 Å². The molecule has 1 atom stereocenters. The Balaban J connectivity index is 2.19. The smallest absolute Gasteiger partial charge is 0.0950 e. The van der Waals surface area contributed by atoms with Gasteiger partial charge in [0.25, 0.3) is 0 Å². The van der Waals surface area contributed by atoms with Crippen LogP contribution in [-0.2, 0) is 4.74 Å². The van der Waals surface area contributed by atoms with E-state index in [0.717, 1.165) is 25.3 Å². The van der Waals surface area contributed by atoms with Gasteiger partial charge in [-0.2, -0.15) is 0 Å². The van der Waals surface area contributed by atoms with Gasteiger partial charge in [0.05, 0.1) is 12.7 Å². The summed E-state index contributed by atoms with van der Waals surface area (Å²) in [5, 5.41) is 3.33. The molecule has 0 saturated carbocycles. The van der Waals surface area contributed by atoms with Gasteiger partial charge >= 0.3 is 0 Å². The van der Waals surface area contributed by atoms with E-state index in [-0.39, 0.29) is 6.10 Å². The molecule has 80 valence electrons. The summed E-state index contributed by atoms with van der Waals surface area (Å²) in [6, 6.07) is 8.43. The summed E-state index contributed by atoms with van der Waals surface area (Å²) >= 11 is 0. The minimum Gasteiger partial charge on any atom is -0.371 e. The molecule has 0 spiro atoms. The number of morpholine rings is 1. The van der Waals surface area contributed by atoms with Crippen molar-refractivity contribution in [3.05, 3.63) is 42.0 Å². The van der Waals surface area contributed by atoms with Gasteiger partial charge in [0.15, 0.2) is 0 Å². The van der Waals surface area contributed by atoms with Crippen LogP contribution in [0.1, 0.15) is 24.2 Å². The van der Waals surface area contributed by atoms with Crippen molar-refractivity contribution in [2.24, 2.45) is 0 Å². The van der Waals surface area contributed by atoms with Crippen molar-refractivity contribution in [3.63, 3.8) is 0 Å². The van der Waals surface area contributed by atoms with Gasteiger partial charge in [0, 0.05) is 13.1 Å². The molecule has 2 rings (SSSR count). The van der Waals surface area contributed by atoms with Crippen LogP contribution in [0, 0.1) is 0 Å². The monoisotopic (exact) mass is 203 g/mol. The molecule has 1 fully saturated rings. The summed E-state index contributed by atoms with van der Waals surface area (Å²) in [4.78, 5) is 0. The van der Waals surface area contributed by atoms with E-state index in [4.69, 9.17) is 4.74 Å². The molecule has 0 aliphatic carbocycles. The lowest BCUT2D eigenvalue weighted by Gasteiger charge is -2.24. The van der Waals surface area contributed by atoms with Crippen molar-refractivity contribution < 1.29 is 4.74 Å². The average molecular weight is 203 g/mol. The highest BCUT2D eigenvalue weighted by molar-refractivity contribution is 5.61. The standard InChI is InChI=1S/C13H17NO/c1-10(2)11-4-3-5-12(8-11)13-9-14-6-7-15-13/h3-5,8,13-14H,1,6-7,9H2,2H3. The molecule has 1 aliphatic rings. The Morgan fingerprint density at radius 3 is 3.07 bits per heavy atom. The summed E-state index contributed by atoms with van der Waals surface area (Å²) in [5.41, 5.74) is 3.53. The molecule has 0 amide bonds. The lowest BCUT2D eigenvalue weighted by Crippen LogP contribution is -2.33. The molecule has 2 nitrogen and oxygen atoms in total. The zero-order valence-electron chi connectivity index (χ0n) is 9.12. The number of nitrogens with one attached hydrogen (secondary N) is 1. The maximum absolute atomic E-state index is 5.71. The van der Waals surface area contributed by atoms with E-state index < -0.39 is 0 Å².